The summed E-state index contributed by atoms with van der Waals surface area (Å²) < 4.78 is 0. The van der Waals surface area contributed by atoms with E-state index in [0.29, 0.717) is 5.96 Å². The highest BCUT2D eigenvalue weighted by atomic mass is 15.5. The van der Waals surface area contributed by atoms with Crippen molar-refractivity contribution in [1.82, 2.24) is 15.1 Å². The van der Waals surface area contributed by atoms with Gasteiger partial charge < -0.3 is 10.6 Å². The van der Waals surface area contributed by atoms with Crippen LogP contribution in [0.25, 0.3) is 0 Å². The van der Waals surface area contributed by atoms with Gasteiger partial charge in [-0.25, -0.2) is 4.99 Å². The quantitative estimate of drug-likeness (QED) is 0.533. The molecule has 0 amide bonds. The maximum Gasteiger partial charge on any atom is 0.194 e. The summed E-state index contributed by atoms with van der Waals surface area (Å²) in [5.74, 6) is 0.583. The lowest BCUT2D eigenvalue weighted by atomic mass is 10.4. The summed E-state index contributed by atoms with van der Waals surface area (Å²) in [5, 5.41) is 3.28. The SMILES string of the molecule is CC1N=C(N)N(C)C(N(C)C)N1. The van der Waals surface area contributed by atoms with E-state index in [4.69, 9.17) is 5.73 Å². The molecule has 3 N–H and O–H groups in total. The van der Waals surface area contributed by atoms with Crippen LogP contribution in [0.5, 0.6) is 0 Å². The normalized spacial score (nSPS) is 30.8. The van der Waals surface area contributed by atoms with Crippen LogP contribution >= 0.6 is 0 Å². The van der Waals surface area contributed by atoms with Crippen molar-refractivity contribution in [3.63, 3.8) is 0 Å². The molecular formula is C7H17N5. The number of hydrogen-bond acceptors (Lipinski definition) is 5. The number of rotatable bonds is 1. The van der Waals surface area contributed by atoms with Crippen LogP contribution < -0.4 is 11.1 Å². The fourth-order valence-electron chi connectivity index (χ4n) is 1.28. The van der Waals surface area contributed by atoms with Gasteiger partial charge >= 0.3 is 0 Å². The second kappa shape index (κ2) is 3.28. The van der Waals surface area contributed by atoms with Crippen LogP contribution in [-0.2, 0) is 0 Å². The monoisotopic (exact) mass is 171 g/mol. The summed E-state index contributed by atoms with van der Waals surface area (Å²) in [7, 11) is 5.92. The highest BCUT2D eigenvalue weighted by molar-refractivity contribution is 5.78. The molecule has 2 atom stereocenters. The molecule has 0 aliphatic carbocycles. The predicted molar refractivity (Wildman–Crippen MR) is 49.5 cm³/mol. The summed E-state index contributed by atoms with van der Waals surface area (Å²) in [6.07, 6.45) is 0.228. The zero-order chi connectivity index (χ0) is 9.30. The van der Waals surface area contributed by atoms with Crippen LogP contribution in [0.4, 0.5) is 0 Å². The van der Waals surface area contributed by atoms with Gasteiger partial charge in [0.05, 0.1) is 0 Å². The molecule has 1 aliphatic heterocycles. The lowest BCUT2D eigenvalue weighted by Crippen LogP contribution is -2.61. The standard InChI is InChI=1S/C7H17N5/c1-5-9-6(8)12(4)7(10-5)11(2)3/h5,7,10H,1-4H3,(H2,8,9). The van der Waals surface area contributed by atoms with Crippen molar-refractivity contribution in [3.05, 3.63) is 0 Å². The summed E-state index contributed by atoms with van der Waals surface area (Å²) >= 11 is 0. The molecule has 1 heterocycles. The molecule has 0 aromatic rings. The first-order chi connectivity index (χ1) is 5.52. The van der Waals surface area contributed by atoms with Gasteiger partial charge in [0.15, 0.2) is 5.96 Å². The van der Waals surface area contributed by atoms with E-state index in [1.54, 1.807) is 0 Å². The van der Waals surface area contributed by atoms with Crippen molar-refractivity contribution < 1.29 is 0 Å². The maximum atomic E-state index is 5.71. The van der Waals surface area contributed by atoms with Gasteiger partial charge in [0.25, 0.3) is 0 Å². The first-order valence-corrected chi connectivity index (χ1v) is 4.01. The zero-order valence-corrected chi connectivity index (χ0v) is 8.07. The second-order valence-electron chi connectivity index (χ2n) is 3.28. The number of aliphatic imine (C=N–C) groups is 1. The fourth-order valence-corrected chi connectivity index (χ4v) is 1.28. The van der Waals surface area contributed by atoms with Crippen molar-refractivity contribution in [3.8, 4) is 0 Å². The number of nitrogens with zero attached hydrogens (tertiary/aromatic N) is 3. The van der Waals surface area contributed by atoms with Crippen molar-refractivity contribution >= 4 is 5.96 Å². The lowest BCUT2D eigenvalue weighted by Gasteiger charge is -2.39. The van der Waals surface area contributed by atoms with E-state index in [2.05, 4.69) is 15.2 Å². The Morgan fingerprint density at radius 1 is 1.58 bits per heavy atom. The molecule has 0 aromatic heterocycles. The van der Waals surface area contributed by atoms with Crippen LogP contribution in [-0.4, -0.2) is 49.4 Å². The topological polar surface area (TPSA) is 56.9 Å². The Hall–Kier alpha value is -0.810. The van der Waals surface area contributed by atoms with E-state index in [1.165, 1.54) is 0 Å². The molecule has 0 radical (unpaired) electrons. The molecule has 5 nitrogen and oxygen atoms in total. The Kier molecular flexibility index (Phi) is 2.54. The van der Waals surface area contributed by atoms with Crippen molar-refractivity contribution in [2.45, 2.75) is 19.4 Å². The smallest absolute Gasteiger partial charge is 0.194 e. The van der Waals surface area contributed by atoms with E-state index in [1.807, 2.05) is 33.0 Å². The third-order valence-corrected chi connectivity index (χ3v) is 1.93. The van der Waals surface area contributed by atoms with Gasteiger partial charge in [-0.3, -0.25) is 10.2 Å². The third kappa shape index (κ3) is 1.67. The Morgan fingerprint density at radius 2 is 2.17 bits per heavy atom. The van der Waals surface area contributed by atoms with Crippen molar-refractivity contribution in [2.24, 2.45) is 10.7 Å². The van der Waals surface area contributed by atoms with Crippen LogP contribution in [0.1, 0.15) is 6.92 Å². The Morgan fingerprint density at radius 3 is 2.67 bits per heavy atom. The molecule has 1 aliphatic rings. The predicted octanol–water partition coefficient (Wildman–Crippen LogP) is -0.973. The van der Waals surface area contributed by atoms with Crippen molar-refractivity contribution in [2.75, 3.05) is 21.1 Å². The van der Waals surface area contributed by atoms with Crippen LogP contribution in [0, 0.1) is 0 Å². The molecular weight excluding hydrogens is 154 g/mol. The maximum absolute atomic E-state index is 5.71. The number of nitrogens with one attached hydrogen (secondary N) is 1. The first kappa shape index (κ1) is 9.28. The molecule has 1 rings (SSSR count). The van der Waals surface area contributed by atoms with Crippen LogP contribution in [0.2, 0.25) is 0 Å². The van der Waals surface area contributed by atoms with Gasteiger partial charge in [-0.1, -0.05) is 0 Å². The second-order valence-corrected chi connectivity index (χ2v) is 3.28. The first-order valence-electron chi connectivity index (χ1n) is 4.01. The minimum absolute atomic E-state index is 0.0913. The van der Waals surface area contributed by atoms with E-state index in [9.17, 15) is 0 Å². The fraction of sp³-hybridized carbons (Fsp3) is 0.857. The van der Waals surface area contributed by atoms with Gasteiger partial charge in [-0.2, -0.15) is 0 Å². The molecule has 2 unspecified atom stereocenters. The van der Waals surface area contributed by atoms with Gasteiger partial charge in [0, 0.05) is 7.05 Å². The average Bonchev–Trinajstić information content (AvgIpc) is 1.96. The molecule has 0 spiro atoms. The molecule has 0 saturated heterocycles. The zero-order valence-electron chi connectivity index (χ0n) is 8.07. The molecule has 5 heteroatoms. The minimum atomic E-state index is 0.0913. The Labute approximate surface area is 73.2 Å². The van der Waals surface area contributed by atoms with Crippen LogP contribution in [0.15, 0.2) is 4.99 Å². The van der Waals surface area contributed by atoms with E-state index in [-0.39, 0.29) is 12.5 Å². The minimum Gasteiger partial charge on any atom is -0.370 e. The van der Waals surface area contributed by atoms with Gasteiger partial charge in [-0.15, -0.1) is 0 Å². The average molecular weight is 171 g/mol. The lowest BCUT2D eigenvalue weighted by molar-refractivity contribution is 0.104. The largest absolute Gasteiger partial charge is 0.370 e. The molecule has 70 valence electrons. The Bertz CT molecular complexity index is 188. The van der Waals surface area contributed by atoms with E-state index in [0.717, 1.165) is 0 Å². The molecule has 0 saturated carbocycles. The van der Waals surface area contributed by atoms with Crippen molar-refractivity contribution in [1.29, 1.82) is 0 Å². The van der Waals surface area contributed by atoms with E-state index < -0.39 is 0 Å². The van der Waals surface area contributed by atoms with Crippen LogP contribution in [0.3, 0.4) is 0 Å². The highest BCUT2D eigenvalue weighted by Gasteiger charge is 2.24. The molecule has 0 fully saturated rings. The molecule has 0 bridgehead atoms. The molecule has 0 aromatic carbocycles. The van der Waals surface area contributed by atoms with Gasteiger partial charge in [0.2, 0.25) is 0 Å². The summed E-state index contributed by atoms with van der Waals surface area (Å²) in [6, 6.07) is 0. The highest BCUT2D eigenvalue weighted by Crippen LogP contribution is 2.04. The number of hydrogen-bond donors (Lipinski definition) is 2. The number of guanidine groups is 1. The number of nitrogens with two attached hydrogens (primary N) is 1. The van der Waals surface area contributed by atoms with Gasteiger partial charge in [-0.05, 0) is 21.0 Å². The third-order valence-electron chi connectivity index (χ3n) is 1.93. The molecule has 12 heavy (non-hydrogen) atoms. The summed E-state index contributed by atoms with van der Waals surface area (Å²) in [5.41, 5.74) is 5.71. The van der Waals surface area contributed by atoms with Gasteiger partial charge in [0.1, 0.15) is 12.5 Å². The van der Waals surface area contributed by atoms with E-state index >= 15 is 0 Å². The summed E-state index contributed by atoms with van der Waals surface area (Å²) in [6.45, 7) is 1.98. The summed E-state index contributed by atoms with van der Waals surface area (Å²) in [4.78, 5) is 8.14. The Balaban J connectivity index is 2.74.